The molecule has 21 heavy (non-hydrogen) atoms. The van der Waals surface area contributed by atoms with Crippen molar-refractivity contribution in [3.05, 3.63) is 0 Å². The van der Waals surface area contributed by atoms with Gasteiger partial charge in [0, 0.05) is 11.8 Å². The molecule has 0 amide bonds. The predicted octanol–water partition coefficient (Wildman–Crippen LogP) is 5.29. The van der Waals surface area contributed by atoms with Crippen LogP contribution in [0.3, 0.4) is 0 Å². The second kappa shape index (κ2) is 4.25. The second-order valence-electron chi connectivity index (χ2n) is 6.57. The normalized spacial score (nSPS) is 39.9. The lowest BCUT2D eigenvalue weighted by Gasteiger charge is -2.48. The fourth-order valence-electron chi connectivity index (χ4n) is 4.27. The molecule has 0 aromatic heterocycles. The molecule has 5 atom stereocenters. The van der Waals surface area contributed by atoms with Crippen LogP contribution in [-0.4, -0.2) is 18.3 Å². The lowest BCUT2D eigenvalue weighted by atomic mass is 9.61. The van der Waals surface area contributed by atoms with E-state index < -0.39 is 53.3 Å². The number of alkyl halides is 8. The van der Waals surface area contributed by atoms with Crippen molar-refractivity contribution in [2.75, 3.05) is 0 Å². The first-order chi connectivity index (χ1) is 9.17. The van der Waals surface area contributed by atoms with Crippen molar-refractivity contribution in [1.29, 1.82) is 0 Å². The number of hydrogen-bond donors (Lipinski definition) is 0. The first kappa shape index (κ1) is 16.8. The van der Waals surface area contributed by atoms with Gasteiger partial charge in [-0.3, -0.25) is 0 Å². The highest BCUT2D eigenvalue weighted by atomic mass is 19.4. The van der Waals surface area contributed by atoms with E-state index in [0.29, 0.717) is 0 Å². The van der Waals surface area contributed by atoms with Crippen LogP contribution >= 0.6 is 0 Å². The van der Waals surface area contributed by atoms with Gasteiger partial charge < -0.3 is 0 Å². The number of fused-ring (bicyclic) bond motifs is 2. The van der Waals surface area contributed by atoms with E-state index in [1.807, 2.05) is 0 Å². The Morgan fingerprint density at radius 2 is 1.29 bits per heavy atom. The van der Waals surface area contributed by atoms with Crippen molar-refractivity contribution >= 4 is 0 Å². The van der Waals surface area contributed by atoms with Crippen molar-refractivity contribution in [2.24, 2.45) is 35.0 Å². The van der Waals surface area contributed by atoms with Crippen molar-refractivity contribution < 1.29 is 35.1 Å². The molecule has 8 heteroatoms. The van der Waals surface area contributed by atoms with Gasteiger partial charge in [0.1, 0.15) is 0 Å². The monoisotopic (exact) mass is 324 g/mol. The number of hydrogen-bond acceptors (Lipinski definition) is 0. The Bertz CT molecular complexity index is 407. The molecule has 0 aliphatic heterocycles. The average molecular weight is 324 g/mol. The first-order valence-corrected chi connectivity index (χ1v) is 6.68. The molecule has 0 aromatic carbocycles. The van der Waals surface area contributed by atoms with Crippen LogP contribution in [0, 0.1) is 35.0 Å². The molecule has 2 saturated carbocycles. The van der Waals surface area contributed by atoms with Gasteiger partial charge in [0.15, 0.2) is 5.41 Å². The van der Waals surface area contributed by atoms with Gasteiger partial charge in [0.2, 0.25) is 0 Å². The summed E-state index contributed by atoms with van der Waals surface area (Å²) < 4.78 is 107. The molecule has 2 aliphatic rings. The summed E-state index contributed by atoms with van der Waals surface area (Å²) in [5.74, 6) is -10.5. The van der Waals surface area contributed by atoms with E-state index in [2.05, 4.69) is 0 Å². The third-order valence-corrected chi connectivity index (χ3v) is 5.80. The Kier molecular flexibility index (Phi) is 3.40. The maximum Gasteiger partial charge on any atom is 0.403 e. The summed E-state index contributed by atoms with van der Waals surface area (Å²) in [6.45, 7) is 2.81. The van der Waals surface area contributed by atoms with E-state index in [1.54, 1.807) is 0 Å². The zero-order valence-corrected chi connectivity index (χ0v) is 11.6. The van der Waals surface area contributed by atoms with Crippen LogP contribution in [0.15, 0.2) is 0 Å². The van der Waals surface area contributed by atoms with Gasteiger partial charge in [-0.05, 0) is 31.1 Å². The Hall–Kier alpha value is -0.560. The fraction of sp³-hybridized carbons (Fsp3) is 1.00. The first-order valence-electron chi connectivity index (χ1n) is 6.68. The van der Waals surface area contributed by atoms with Gasteiger partial charge in [-0.25, -0.2) is 8.78 Å². The van der Waals surface area contributed by atoms with Gasteiger partial charge >= 0.3 is 12.4 Å². The number of rotatable bonds is 1. The molecule has 0 spiro atoms. The highest BCUT2D eigenvalue weighted by Crippen LogP contribution is 2.71. The molecule has 0 radical (unpaired) electrons. The summed E-state index contributed by atoms with van der Waals surface area (Å²) >= 11 is 0. The van der Waals surface area contributed by atoms with Crippen LogP contribution in [0.1, 0.15) is 27.2 Å². The van der Waals surface area contributed by atoms with Gasteiger partial charge in [-0.15, -0.1) is 0 Å². The van der Waals surface area contributed by atoms with Crippen LogP contribution in [0.5, 0.6) is 0 Å². The lowest BCUT2D eigenvalue weighted by molar-refractivity contribution is -0.378. The van der Waals surface area contributed by atoms with Crippen molar-refractivity contribution in [3.63, 3.8) is 0 Å². The molecule has 0 aromatic rings. The molecule has 2 bridgehead atoms. The maximum absolute atomic E-state index is 14.3. The minimum Gasteiger partial charge on any atom is -0.206 e. The van der Waals surface area contributed by atoms with Crippen LogP contribution in [0.4, 0.5) is 35.1 Å². The summed E-state index contributed by atoms with van der Waals surface area (Å²) in [5.41, 5.74) is -4.39. The van der Waals surface area contributed by atoms with Gasteiger partial charge in [0.05, 0.1) is 0 Å². The Labute approximate surface area is 116 Å². The molecule has 2 fully saturated rings. The quantitative estimate of drug-likeness (QED) is 0.575. The minimum absolute atomic E-state index is 0.121. The minimum atomic E-state index is -5.77. The molecular weight excluding hydrogens is 308 g/mol. The lowest BCUT2D eigenvalue weighted by Crippen LogP contribution is -2.61. The smallest absolute Gasteiger partial charge is 0.206 e. The average Bonchev–Trinajstić information content (AvgIpc) is 2.69. The molecular formula is C13H16F8. The molecule has 0 heterocycles. The van der Waals surface area contributed by atoms with E-state index in [0.717, 1.165) is 0 Å². The predicted molar refractivity (Wildman–Crippen MR) is 58.6 cm³/mol. The summed E-state index contributed by atoms with van der Waals surface area (Å²) in [6.07, 6.45) is -11.8. The molecule has 2 rings (SSSR count). The fourth-order valence-corrected chi connectivity index (χ4v) is 4.27. The molecule has 0 saturated heterocycles. The van der Waals surface area contributed by atoms with E-state index in [-0.39, 0.29) is 13.3 Å². The van der Waals surface area contributed by atoms with E-state index in [4.69, 9.17) is 0 Å². The summed E-state index contributed by atoms with van der Waals surface area (Å²) in [7, 11) is 0. The van der Waals surface area contributed by atoms with Crippen molar-refractivity contribution in [3.8, 4) is 0 Å². The second-order valence-corrected chi connectivity index (χ2v) is 6.57. The SMILES string of the molecule is CC1C(C)C2CC1C(C(C)(C(F)(F)F)C(F)(F)F)C2(F)F. The standard InChI is InChI=1S/C13H16F8/c1-5-6(2)8-4-7(5)9(11(8,14)15)10(3,12(16,17)18)13(19,20)21/h5-9H,4H2,1-3H3. The van der Waals surface area contributed by atoms with Crippen molar-refractivity contribution in [2.45, 2.75) is 45.5 Å². The maximum atomic E-state index is 14.3. The molecule has 5 unspecified atom stereocenters. The highest BCUT2D eigenvalue weighted by Gasteiger charge is 2.81. The number of halogens is 8. The third-order valence-electron chi connectivity index (χ3n) is 5.80. The topological polar surface area (TPSA) is 0 Å². The summed E-state index contributed by atoms with van der Waals surface area (Å²) in [6, 6.07) is 0. The Morgan fingerprint density at radius 1 is 0.857 bits per heavy atom. The van der Waals surface area contributed by atoms with Crippen molar-refractivity contribution in [1.82, 2.24) is 0 Å². The summed E-state index contributed by atoms with van der Waals surface area (Å²) in [4.78, 5) is 0. The molecule has 2 aliphatic carbocycles. The van der Waals surface area contributed by atoms with E-state index >= 15 is 0 Å². The zero-order chi connectivity index (χ0) is 16.6. The Morgan fingerprint density at radius 3 is 1.62 bits per heavy atom. The third kappa shape index (κ3) is 1.92. The molecule has 124 valence electrons. The molecule has 0 nitrogen and oxygen atoms in total. The Balaban J connectivity index is 2.58. The largest absolute Gasteiger partial charge is 0.403 e. The molecule has 0 N–H and O–H groups in total. The van der Waals surface area contributed by atoms with Crippen LogP contribution < -0.4 is 0 Å². The van der Waals surface area contributed by atoms with E-state index in [9.17, 15) is 35.1 Å². The van der Waals surface area contributed by atoms with Crippen LogP contribution in [-0.2, 0) is 0 Å². The van der Waals surface area contributed by atoms with Gasteiger partial charge in [-0.2, -0.15) is 26.3 Å². The zero-order valence-electron chi connectivity index (χ0n) is 11.6. The van der Waals surface area contributed by atoms with Gasteiger partial charge in [-0.1, -0.05) is 13.8 Å². The van der Waals surface area contributed by atoms with Gasteiger partial charge in [0.25, 0.3) is 5.92 Å². The van der Waals surface area contributed by atoms with Crippen LogP contribution in [0.25, 0.3) is 0 Å². The van der Waals surface area contributed by atoms with Crippen LogP contribution in [0.2, 0.25) is 0 Å². The highest BCUT2D eigenvalue weighted by molar-refractivity contribution is 5.14. The van der Waals surface area contributed by atoms with E-state index in [1.165, 1.54) is 13.8 Å². The summed E-state index contributed by atoms with van der Waals surface area (Å²) in [5, 5.41) is 0.